The van der Waals surface area contributed by atoms with E-state index in [4.69, 9.17) is 5.11 Å². The molecule has 0 aliphatic heterocycles. The van der Waals surface area contributed by atoms with Crippen molar-refractivity contribution in [3.63, 3.8) is 0 Å². The second-order valence-electron chi connectivity index (χ2n) is 3.45. The van der Waals surface area contributed by atoms with Crippen LogP contribution in [0.5, 0.6) is 0 Å². The first-order valence-corrected chi connectivity index (χ1v) is 5.36. The highest BCUT2D eigenvalue weighted by Crippen LogP contribution is 2.16. The van der Waals surface area contributed by atoms with Crippen molar-refractivity contribution in [2.45, 2.75) is 19.8 Å². The first-order valence-electron chi connectivity index (χ1n) is 5.36. The fraction of sp³-hybridized carbons (Fsp3) is 0.308. The zero-order valence-electron chi connectivity index (χ0n) is 9.59. The third-order valence-electron chi connectivity index (χ3n) is 2.03. The highest BCUT2D eigenvalue weighted by atomic mass is 19.1. The van der Waals surface area contributed by atoms with E-state index in [1.807, 2.05) is 6.92 Å². The molecule has 90 valence electrons. The van der Waals surface area contributed by atoms with Gasteiger partial charge in [-0.05, 0) is 24.6 Å². The van der Waals surface area contributed by atoms with Gasteiger partial charge in [-0.1, -0.05) is 18.8 Å². The molecule has 0 atom stereocenters. The summed E-state index contributed by atoms with van der Waals surface area (Å²) in [6.07, 6.45) is 1.15. The Kier molecular flexibility index (Phi) is 5.18. The van der Waals surface area contributed by atoms with Gasteiger partial charge in [0.25, 0.3) is 0 Å². The molecule has 17 heavy (non-hydrogen) atoms. The number of carbonyl (C=O) groups is 1. The molecule has 1 aromatic carbocycles. The number of amides is 1. The van der Waals surface area contributed by atoms with E-state index in [2.05, 4.69) is 17.2 Å². The third-order valence-corrected chi connectivity index (χ3v) is 2.03. The van der Waals surface area contributed by atoms with E-state index < -0.39 is 5.82 Å². The fourth-order valence-electron chi connectivity index (χ4n) is 1.30. The van der Waals surface area contributed by atoms with Crippen molar-refractivity contribution in [1.82, 2.24) is 0 Å². The Balaban J connectivity index is 2.94. The Morgan fingerprint density at radius 2 is 2.29 bits per heavy atom. The minimum Gasteiger partial charge on any atom is -0.384 e. The first-order chi connectivity index (χ1) is 8.17. The SMILES string of the molecule is CCCC(=O)Nc1ccc(F)cc1C#CCO. The smallest absolute Gasteiger partial charge is 0.224 e. The Morgan fingerprint density at radius 3 is 2.94 bits per heavy atom. The van der Waals surface area contributed by atoms with Crippen LogP contribution in [0.3, 0.4) is 0 Å². The molecule has 0 aromatic heterocycles. The molecule has 0 bridgehead atoms. The van der Waals surface area contributed by atoms with E-state index >= 15 is 0 Å². The molecule has 0 heterocycles. The van der Waals surface area contributed by atoms with E-state index in [0.717, 1.165) is 6.42 Å². The van der Waals surface area contributed by atoms with Gasteiger partial charge >= 0.3 is 0 Å². The van der Waals surface area contributed by atoms with E-state index in [1.54, 1.807) is 0 Å². The van der Waals surface area contributed by atoms with Crippen molar-refractivity contribution < 1.29 is 14.3 Å². The van der Waals surface area contributed by atoms with Gasteiger partial charge < -0.3 is 10.4 Å². The van der Waals surface area contributed by atoms with Crippen molar-refractivity contribution in [1.29, 1.82) is 0 Å². The zero-order valence-corrected chi connectivity index (χ0v) is 9.59. The summed E-state index contributed by atoms with van der Waals surface area (Å²) in [5.74, 6) is 4.46. The maximum absolute atomic E-state index is 13.0. The van der Waals surface area contributed by atoms with E-state index in [-0.39, 0.29) is 12.5 Å². The lowest BCUT2D eigenvalue weighted by Crippen LogP contribution is -2.11. The first kappa shape index (κ1) is 13.2. The number of halogens is 1. The topological polar surface area (TPSA) is 49.3 Å². The third kappa shape index (κ3) is 4.25. The molecule has 1 aromatic rings. The summed E-state index contributed by atoms with van der Waals surface area (Å²) >= 11 is 0. The summed E-state index contributed by atoms with van der Waals surface area (Å²) in [5, 5.41) is 11.3. The van der Waals surface area contributed by atoms with Gasteiger partial charge in [0.1, 0.15) is 12.4 Å². The number of benzene rings is 1. The molecule has 3 nitrogen and oxygen atoms in total. The molecule has 0 fully saturated rings. The van der Waals surface area contributed by atoms with Crippen LogP contribution in [0, 0.1) is 17.7 Å². The molecule has 0 aliphatic rings. The summed E-state index contributed by atoms with van der Waals surface area (Å²) in [4.78, 5) is 11.4. The Bertz CT molecular complexity index is 460. The Labute approximate surface area is 99.7 Å². The summed E-state index contributed by atoms with van der Waals surface area (Å²) < 4.78 is 13.0. The molecule has 2 N–H and O–H groups in total. The van der Waals surface area contributed by atoms with Gasteiger partial charge in [-0.25, -0.2) is 4.39 Å². The lowest BCUT2D eigenvalue weighted by molar-refractivity contribution is -0.116. The molecular formula is C13H14FNO2. The molecule has 0 radical (unpaired) electrons. The molecule has 4 heteroatoms. The molecule has 0 saturated carbocycles. The van der Waals surface area contributed by atoms with Crippen LogP contribution in [0.15, 0.2) is 18.2 Å². The standard InChI is InChI=1S/C13H14FNO2/c1-2-4-13(17)15-12-7-6-11(14)9-10(12)5-3-8-16/h6-7,9,16H,2,4,8H2,1H3,(H,15,17). The van der Waals surface area contributed by atoms with Crippen LogP contribution in [0.25, 0.3) is 0 Å². The van der Waals surface area contributed by atoms with Crippen LogP contribution >= 0.6 is 0 Å². The van der Waals surface area contributed by atoms with E-state index in [1.165, 1.54) is 18.2 Å². The zero-order chi connectivity index (χ0) is 12.7. The number of aliphatic hydroxyl groups is 1. The lowest BCUT2D eigenvalue weighted by atomic mass is 10.1. The van der Waals surface area contributed by atoms with Crippen LogP contribution in [-0.4, -0.2) is 17.6 Å². The van der Waals surface area contributed by atoms with Gasteiger partial charge in [-0.15, -0.1) is 0 Å². The van der Waals surface area contributed by atoms with Crippen molar-refractivity contribution in [2.75, 3.05) is 11.9 Å². The average Bonchev–Trinajstić information content (AvgIpc) is 2.30. The molecule has 0 spiro atoms. The highest BCUT2D eigenvalue weighted by molar-refractivity contribution is 5.92. The number of rotatable bonds is 3. The number of hydrogen-bond donors (Lipinski definition) is 2. The van der Waals surface area contributed by atoms with Crippen LogP contribution < -0.4 is 5.32 Å². The molecule has 0 saturated heterocycles. The fourth-order valence-corrected chi connectivity index (χ4v) is 1.30. The second kappa shape index (κ2) is 6.66. The van der Waals surface area contributed by atoms with Gasteiger partial charge in [0.05, 0.1) is 11.3 Å². The number of hydrogen-bond acceptors (Lipinski definition) is 2. The van der Waals surface area contributed by atoms with Crippen molar-refractivity contribution in [3.8, 4) is 11.8 Å². The van der Waals surface area contributed by atoms with Gasteiger partial charge in [-0.2, -0.15) is 0 Å². The number of aliphatic hydroxyl groups excluding tert-OH is 1. The normalized spacial score (nSPS) is 9.35. The summed E-state index contributed by atoms with van der Waals surface area (Å²) in [6, 6.07) is 3.94. The van der Waals surface area contributed by atoms with Gasteiger partial charge in [0.2, 0.25) is 5.91 Å². The van der Waals surface area contributed by atoms with Crippen molar-refractivity contribution in [2.24, 2.45) is 0 Å². The minimum absolute atomic E-state index is 0.133. The summed E-state index contributed by atoms with van der Waals surface area (Å²) in [7, 11) is 0. The van der Waals surface area contributed by atoms with Crippen LogP contribution in [-0.2, 0) is 4.79 Å². The molecular weight excluding hydrogens is 221 g/mol. The second-order valence-corrected chi connectivity index (χ2v) is 3.45. The molecule has 1 amide bonds. The number of carbonyl (C=O) groups excluding carboxylic acids is 1. The highest BCUT2D eigenvalue weighted by Gasteiger charge is 2.05. The predicted octanol–water partition coefficient (Wildman–Crippen LogP) is 1.91. The molecule has 0 aliphatic carbocycles. The Morgan fingerprint density at radius 1 is 1.53 bits per heavy atom. The molecule has 0 unspecified atom stereocenters. The van der Waals surface area contributed by atoms with Crippen molar-refractivity contribution >= 4 is 11.6 Å². The quantitative estimate of drug-likeness (QED) is 0.786. The van der Waals surface area contributed by atoms with Crippen LogP contribution in [0.1, 0.15) is 25.3 Å². The van der Waals surface area contributed by atoms with Crippen LogP contribution in [0.4, 0.5) is 10.1 Å². The van der Waals surface area contributed by atoms with E-state index in [9.17, 15) is 9.18 Å². The van der Waals surface area contributed by atoms with E-state index in [0.29, 0.717) is 17.7 Å². The predicted molar refractivity (Wildman–Crippen MR) is 63.9 cm³/mol. The monoisotopic (exact) mass is 235 g/mol. The number of nitrogens with one attached hydrogen (secondary N) is 1. The van der Waals surface area contributed by atoms with Gasteiger partial charge in [0, 0.05) is 6.42 Å². The van der Waals surface area contributed by atoms with Crippen LogP contribution in [0.2, 0.25) is 0 Å². The maximum Gasteiger partial charge on any atom is 0.224 e. The number of anilines is 1. The van der Waals surface area contributed by atoms with Gasteiger partial charge in [0.15, 0.2) is 0 Å². The molecule has 1 rings (SSSR count). The average molecular weight is 235 g/mol. The summed E-state index contributed by atoms with van der Waals surface area (Å²) in [6.45, 7) is 1.59. The maximum atomic E-state index is 13.0. The lowest BCUT2D eigenvalue weighted by Gasteiger charge is -2.06. The Hall–Kier alpha value is -1.86. The minimum atomic E-state index is -0.430. The summed E-state index contributed by atoms with van der Waals surface area (Å²) in [5.41, 5.74) is 0.828. The largest absolute Gasteiger partial charge is 0.384 e. The van der Waals surface area contributed by atoms with Crippen molar-refractivity contribution in [3.05, 3.63) is 29.6 Å². The van der Waals surface area contributed by atoms with Gasteiger partial charge in [-0.3, -0.25) is 4.79 Å².